The molecule has 2 heterocycles. The summed E-state index contributed by atoms with van der Waals surface area (Å²) < 4.78 is 71.6. The second-order valence-electron chi connectivity index (χ2n) is 11.5. The Bertz CT molecular complexity index is 1770. The van der Waals surface area contributed by atoms with Crippen LogP contribution in [0.4, 0.5) is 27.6 Å². The molecule has 2 amide bonds. The largest absolute Gasteiger partial charge is 0.462 e. The molecule has 1 aromatic carbocycles. The van der Waals surface area contributed by atoms with Gasteiger partial charge in [-0.15, -0.1) is 0 Å². The molecule has 0 atom stereocenters. The van der Waals surface area contributed by atoms with E-state index < -0.39 is 51.3 Å². The Kier molecular flexibility index (Phi) is 14.9. The number of benzene rings is 1. The molecule has 1 aliphatic carbocycles. The standard InChI is InChI=1S/C19H17Cl2NO4.C15H16F5NO2S2/c1-2-26-19(25)16(21)10-11-9-12(7-8-15(11)20)22-17(23)13-5-3-4-6-14(13)18(22)24;1-6(2)5-7-8(13(22)24-3)10(12(16)17)21-11(15(18,19)20)9(7)14(23)25-4/h7-10H,2-6H2,1H3;6,12H,5H2,1-4H3/b16-10-;. The van der Waals surface area contributed by atoms with E-state index in [4.69, 9.17) is 27.9 Å². The van der Waals surface area contributed by atoms with Crippen LogP contribution in [0.3, 0.4) is 0 Å². The highest BCUT2D eigenvalue weighted by molar-refractivity contribution is 8.13. The highest BCUT2D eigenvalue weighted by atomic mass is 35.5. The quantitative estimate of drug-likeness (QED) is 0.106. The van der Waals surface area contributed by atoms with E-state index in [0.29, 0.717) is 63.8 Å². The minimum Gasteiger partial charge on any atom is -0.462 e. The minimum absolute atomic E-state index is 0.130. The number of anilines is 1. The van der Waals surface area contributed by atoms with Gasteiger partial charge in [-0.2, -0.15) is 13.2 Å². The average Bonchev–Trinajstić information content (AvgIpc) is 3.33. The number of hydrogen-bond donors (Lipinski definition) is 0. The molecule has 2 aliphatic rings. The lowest BCUT2D eigenvalue weighted by molar-refractivity contribution is -0.142. The van der Waals surface area contributed by atoms with Crippen LogP contribution in [0.15, 0.2) is 34.4 Å². The fourth-order valence-electron chi connectivity index (χ4n) is 5.43. The van der Waals surface area contributed by atoms with Gasteiger partial charge in [0, 0.05) is 16.2 Å². The van der Waals surface area contributed by atoms with Crippen molar-refractivity contribution in [2.45, 2.75) is 65.5 Å². The second-order valence-corrected chi connectivity index (χ2v) is 13.9. The number of hydrogen-bond acceptors (Lipinski definition) is 9. The molecular formula is C34H33Cl2F5N2O6S2. The Morgan fingerprint density at radius 1 is 1.00 bits per heavy atom. The molecule has 1 aliphatic heterocycles. The van der Waals surface area contributed by atoms with E-state index >= 15 is 0 Å². The van der Waals surface area contributed by atoms with Crippen LogP contribution in [0.25, 0.3) is 6.08 Å². The highest BCUT2D eigenvalue weighted by Gasteiger charge is 2.42. The molecule has 0 saturated carbocycles. The van der Waals surface area contributed by atoms with Gasteiger partial charge in [-0.05, 0) is 92.9 Å². The average molecular weight is 796 g/mol. The molecule has 0 fully saturated rings. The Hall–Kier alpha value is -3.27. The zero-order valence-corrected chi connectivity index (χ0v) is 31.2. The number of ether oxygens (including phenoxy) is 1. The number of amides is 2. The normalized spacial score (nSPS) is 14.9. The number of carbonyl (C=O) groups excluding carboxylic acids is 5. The third-order valence-electron chi connectivity index (χ3n) is 7.58. The molecule has 2 aromatic rings. The first kappa shape index (κ1) is 42.1. The Morgan fingerprint density at radius 2 is 1.55 bits per heavy atom. The third kappa shape index (κ3) is 9.79. The van der Waals surface area contributed by atoms with Gasteiger partial charge in [0.1, 0.15) is 10.7 Å². The summed E-state index contributed by atoms with van der Waals surface area (Å²) in [5.74, 6) is -1.49. The number of esters is 1. The first-order valence-electron chi connectivity index (χ1n) is 15.4. The van der Waals surface area contributed by atoms with Gasteiger partial charge in [0.25, 0.3) is 18.2 Å². The highest BCUT2D eigenvalue weighted by Crippen LogP contribution is 2.40. The fraction of sp³-hybridized carbons (Fsp3) is 0.412. The summed E-state index contributed by atoms with van der Waals surface area (Å²) in [7, 11) is 0. The summed E-state index contributed by atoms with van der Waals surface area (Å²) in [6, 6.07) is 4.74. The molecule has 0 unspecified atom stereocenters. The molecule has 0 N–H and O–H groups in total. The molecule has 17 heteroatoms. The van der Waals surface area contributed by atoms with Crippen molar-refractivity contribution in [2.75, 3.05) is 24.0 Å². The number of rotatable bonds is 9. The summed E-state index contributed by atoms with van der Waals surface area (Å²) in [5, 5.41) is -1.61. The smallest absolute Gasteiger partial charge is 0.434 e. The maximum absolute atomic E-state index is 13.4. The van der Waals surface area contributed by atoms with E-state index in [-0.39, 0.29) is 41.4 Å². The van der Waals surface area contributed by atoms with Crippen LogP contribution in [0, 0.1) is 5.92 Å². The van der Waals surface area contributed by atoms with Gasteiger partial charge in [-0.3, -0.25) is 19.2 Å². The van der Waals surface area contributed by atoms with Crippen LogP contribution in [-0.4, -0.2) is 52.1 Å². The van der Waals surface area contributed by atoms with Crippen LogP contribution >= 0.6 is 46.7 Å². The SMILES string of the molecule is CCOC(=O)/C(Cl)=C/c1cc(N2C(=O)C3=C(CCCC3)C2=O)ccc1Cl.CSC(=O)c1c(C(F)F)nc(C(F)(F)F)c(C(=O)SC)c1CC(C)C. The van der Waals surface area contributed by atoms with E-state index in [0.717, 1.165) is 12.8 Å². The number of pyridine rings is 1. The number of alkyl halides is 5. The van der Waals surface area contributed by atoms with Gasteiger partial charge in [-0.25, -0.2) is 23.5 Å². The molecule has 4 rings (SSSR count). The van der Waals surface area contributed by atoms with Crippen molar-refractivity contribution in [2.24, 2.45) is 5.92 Å². The van der Waals surface area contributed by atoms with Gasteiger partial charge in [0.2, 0.25) is 10.2 Å². The molecule has 51 heavy (non-hydrogen) atoms. The molecule has 0 spiro atoms. The van der Waals surface area contributed by atoms with E-state index in [1.54, 1.807) is 39.0 Å². The first-order valence-corrected chi connectivity index (χ1v) is 18.6. The van der Waals surface area contributed by atoms with Crippen molar-refractivity contribution < 1.29 is 50.7 Å². The number of thioether (sulfide) groups is 2. The van der Waals surface area contributed by atoms with Crippen LogP contribution in [0.1, 0.15) is 96.1 Å². The van der Waals surface area contributed by atoms with Crippen molar-refractivity contribution in [1.29, 1.82) is 0 Å². The molecule has 0 radical (unpaired) electrons. The number of aromatic nitrogens is 1. The topological polar surface area (TPSA) is 111 Å². The molecule has 1 aromatic heterocycles. The zero-order valence-electron chi connectivity index (χ0n) is 28.0. The lowest BCUT2D eigenvalue weighted by Gasteiger charge is -2.21. The Morgan fingerprint density at radius 3 is 2.02 bits per heavy atom. The van der Waals surface area contributed by atoms with Crippen molar-refractivity contribution in [3.8, 4) is 0 Å². The van der Waals surface area contributed by atoms with E-state index in [1.807, 2.05) is 0 Å². The summed E-state index contributed by atoms with van der Waals surface area (Å²) >= 11 is 13.2. The van der Waals surface area contributed by atoms with Gasteiger partial charge in [0.15, 0.2) is 5.69 Å². The van der Waals surface area contributed by atoms with Gasteiger partial charge in [0.05, 0.1) is 23.4 Å². The number of halogens is 7. The van der Waals surface area contributed by atoms with Gasteiger partial charge in [-0.1, -0.05) is 60.6 Å². The van der Waals surface area contributed by atoms with Crippen LogP contribution in [-0.2, 0) is 31.7 Å². The minimum atomic E-state index is -5.10. The van der Waals surface area contributed by atoms with Crippen molar-refractivity contribution in [3.63, 3.8) is 0 Å². The molecule has 8 nitrogen and oxygen atoms in total. The zero-order chi connectivity index (χ0) is 38.4. The summed E-state index contributed by atoms with van der Waals surface area (Å²) in [4.78, 5) is 65.5. The molecule has 276 valence electrons. The van der Waals surface area contributed by atoms with Crippen molar-refractivity contribution in [1.82, 2.24) is 4.98 Å². The van der Waals surface area contributed by atoms with E-state index in [1.165, 1.54) is 23.5 Å². The maximum Gasteiger partial charge on any atom is 0.434 e. The van der Waals surface area contributed by atoms with Crippen LogP contribution in [0.5, 0.6) is 0 Å². The number of imide groups is 1. The predicted molar refractivity (Wildman–Crippen MR) is 188 cm³/mol. The summed E-state index contributed by atoms with van der Waals surface area (Å²) in [5.41, 5.74) is -2.58. The summed E-state index contributed by atoms with van der Waals surface area (Å²) in [6.07, 6.45) is -1.56. The second kappa shape index (κ2) is 18.0. The van der Waals surface area contributed by atoms with Crippen molar-refractivity contribution >= 4 is 86.5 Å². The molecule has 0 saturated heterocycles. The van der Waals surface area contributed by atoms with Crippen molar-refractivity contribution in [3.05, 3.63) is 73.0 Å². The summed E-state index contributed by atoms with van der Waals surface area (Å²) in [6.45, 7) is 5.17. The van der Waals surface area contributed by atoms with Crippen LogP contribution in [0.2, 0.25) is 5.02 Å². The molecule has 0 bridgehead atoms. The molecular weight excluding hydrogens is 762 g/mol. The Balaban J connectivity index is 0.000000276. The number of carbonyl (C=O) groups is 5. The third-order valence-corrected chi connectivity index (χ3v) is 9.33. The Labute approximate surface area is 309 Å². The van der Waals surface area contributed by atoms with E-state index in [2.05, 4.69) is 4.98 Å². The lowest BCUT2D eigenvalue weighted by atomic mass is 9.92. The lowest BCUT2D eigenvalue weighted by Crippen LogP contribution is -2.31. The van der Waals surface area contributed by atoms with E-state index in [9.17, 15) is 45.9 Å². The van der Waals surface area contributed by atoms with Crippen LogP contribution < -0.4 is 4.90 Å². The van der Waals surface area contributed by atoms with Gasteiger partial charge >= 0.3 is 12.1 Å². The monoisotopic (exact) mass is 794 g/mol. The maximum atomic E-state index is 13.4. The first-order chi connectivity index (χ1) is 23.9. The predicted octanol–water partition coefficient (Wildman–Crippen LogP) is 9.47. The van der Waals surface area contributed by atoms with Gasteiger partial charge < -0.3 is 4.74 Å². The fourth-order valence-corrected chi connectivity index (χ4v) is 6.63. The number of nitrogens with zero attached hydrogens (tertiary/aromatic N) is 2.